The number of nitrogens with one attached hydrogen (secondary N) is 1. The van der Waals surface area contributed by atoms with E-state index in [0.717, 1.165) is 24.0 Å². The first kappa shape index (κ1) is 26.8. The highest BCUT2D eigenvalue weighted by Gasteiger charge is 2.28. The molecule has 0 heterocycles. The van der Waals surface area contributed by atoms with Crippen LogP contribution in [-0.2, 0) is 21.9 Å². The molecule has 174 valence electrons. The Morgan fingerprint density at radius 3 is 2.28 bits per heavy atom. The highest BCUT2D eigenvalue weighted by atomic mass is 35.5. The van der Waals surface area contributed by atoms with E-state index in [1.165, 1.54) is 11.8 Å². The molecule has 0 aliphatic rings. The van der Waals surface area contributed by atoms with Gasteiger partial charge in [0.15, 0.2) is 0 Å². The average molecular weight is 516 g/mol. The zero-order valence-electron chi connectivity index (χ0n) is 18.4. The molecule has 0 aliphatic carbocycles. The largest absolute Gasteiger partial charge is 0.354 e. The number of hydrogen-bond acceptors (Lipinski definition) is 3. The summed E-state index contributed by atoms with van der Waals surface area (Å²) in [6, 6.07) is 12.2. The zero-order valence-corrected chi connectivity index (χ0v) is 21.5. The Balaban J connectivity index is 2.15. The van der Waals surface area contributed by atoms with E-state index in [1.54, 1.807) is 29.2 Å². The molecule has 1 atom stereocenters. The van der Waals surface area contributed by atoms with Crippen LogP contribution in [0.25, 0.3) is 0 Å². The van der Waals surface area contributed by atoms with Crippen LogP contribution in [0.15, 0.2) is 42.5 Å². The summed E-state index contributed by atoms with van der Waals surface area (Å²) in [5.41, 5.74) is 1.61. The maximum Gasteiger partial charge on any atom is 0.242 e. The van der Waals surface area contributed by atoms with Gasteiger partial charge in [0.1, 0.15) is 6.04 Å². The van der Waals surface area contributed by atoms with Gasteiger partial charge < -0.3 is 10.2 Å². The van der Waals surface area contributed by atoms with Crippen molar-refractivity contribution in [3.63, 3.8) is 0 Å². The highest BCUT2D eigenvalue weighted by molar-refractivity contribution is 7.99. The number of carbonyl (C=O) groups is 2. The van der Waals surface area contributed by atoms with Gasteiger partial charge in [-0.25, -0.2) is 0 Å². The topological polar surface area (TPSA) is 49.4 Å². The van der Waals surface area contributed by atoms with Crippen LogP contribution in [0.2, 0.25) is 15.1 Å². The van der Waals surface area contributed by atoms with Crippen molar-refractivity contribution in [2.75, 3.05) is 12.3 Å². The number of rotatable bonds is 12. The molecule has 0 aromatic heterocycles. The average Bonchev–Trinajstić information content (AvgIpc) is 2.77. The van der Waals surface area contributed by atoms with Gasteiger partial charge in [0.25, 0.3) is 0 Å². The summed E-state index contributed by atoms with van der Waals surface area (Å²) in [5, 5.41) is 4.68. The van der Waals surface area contributed by atoms with Gasteiger partial charge in [-0.15, -0.1) is 11.8 Å². The van der Waals surface area contributed by atoms with Gasteiger partial charge in [0.2, 0.25) is 11.8 Å². The Morgan fingerprint density at radius 2 is 1.66 bits per heavy atom. The molecule has 8 heteroatoms. The monoisotopic (exact) mass is 514 g/mol. The van der Waals surface area contributed by atoms with E-state index in [9.17, 15) is 9.59 Å². The van der Waals surface area contributed by atoms with Crippen LogP contribution in [0.3, 0.4) is 0 Å². The maximum atomic E-state index is 13.3. The molecule has 0 spiro atoms. The number of unbranched alkanes of at least 4 members (excludes halogenated alkanes) is 1. The molecule has 2 aromatic carbocycles. The summed E-state index contributed by atoms with van der Waals surface area (Å²) in [6.07, 6.45) is 2.39. The number of halogens is 3. The molecule has 32 heavy (non-hydrogen) atoms. The standard InChI is InChI=1S/C24H29Cl3N2O2S/c1-3-5-13-28-24(31)22(4-2)29(14-17-9-6-7-10-19(17)25)23(30)16-32-15-18-20(26)11-8-12-21(18)27/h6-12,22H,3-5,13-16H2,1-2H3,(H,28,31)/t22-/m1/s1. The van der Waals surface area contributed by atoms with Crippen molar-refractivity contribution in [1.29, 1.82) is 0 Å². The molecule has 1 N–H and O–H groups in total. The van der Waals surface area contributed by atoms with Gasteiger partial charge >= 0.3 is 0 Å². The summed E-state index contributed by atoms with van der Waals surface area (Å²) in [6.45, 7) is 4.85. The second-order valence-electron chi connectivity index (χ2n) is 7.37. The van der Waals surface area contributed by atoms with E-state index in [2.05, 4.69) is 12.2 Å². The minimum Gasteiger partial charge on any atom is -0.354 e. The normalized spacial score (nSPS) is 11.8. The molecule has 0 aliphatic heterocycles. The van der Waals surface area contributed by atoms with E-state index < -0.39 is 6.04 Å². The van der Waals surface area contributed by atoms with Crippen molar-refractivity contribution in [1.82, 2.24) is 10.2 Å². The van der Waals surface area contributed by atoms with Crippen molar-refractivity contribution < 1.29 is 9.59 Å². The van der Waals surface area contributed by atoms with Crippen LogP contribution < -0.4 is 5.32 Å². The number of nitrogens with zero attached hydrogens (tertiary/aromatic N) is 1. The molecule has 0 fully saturated rings. The van der Waals surface area contributed by atoms with E-state index in [4.69, 9.17) is 34.8 Å². The molecule has 0 saturated carbocycles. The highest BCUT2D eigenvalue weighted by Crippen LogP contribution is 2.29. The summed E-state index contributed by atoms with van der Waals surface area (Å²) in [5.74, 6) is 0.435. The molecule has 2 amide bonds. The molecular formula is C24H29Cl3N2O2S. The SMILES string of the molecule is CCCCNC(=O)[C@@H](CC)N(Cc1ccccc1Cl)C(=O)CSCc1c(Cl)cccc1Cl. The van der Waals surface area contributed by atoms with Crippen molar-refractivity contribution in [3.8, 4) is 0 Å². The van der Waals surface area contributed by atoms with E-state index in [1.807, 2.05) is 25.1 Å². The van der Waals surface area contributed by atoms with Gasteiger partial charge in [0.05, 0.1) is 5.75 Å². The zero-order chi connectivity index (χ0) is 23.5. The Hall–Kier alpha value is -1.40. The van der Waals surface area contributed by atoms with E-state index >= 15 is 0 Å². The second-order valence-corrected chi connectivity index (χ2v) is 9.58. The smallest absolute Gasteiger partial charge is 0.242 e. The first-order valence-corrected chi connectivity index (χ1v) is 13.0. The van der Waals surface area contributed by atoms with Crippen LogP contribution in [0.5, 0.6) is 0 Å². The van der Waals surface area contributed by atoms with Gasteiger partial charge in [-0.05, 0) is 42.2 Å². The predicted octanol–water partition coefficient (Wildman–Crippen LogP) is 6.60. The van der Waals surface area contributed by atoms with Crippen LogP contribution in [0.1, 0.15) is 44.2 Å². The molecule has 4 nitrogen and oxygen atoms in total. The minimum atomic E-state index is -0.569. The van der Waals surface area contributed by atoms with Crippen LogP contribution >= 0.6 is 46.6 Å². The lowest BCUT2D eigenvalue weighted by atomic mass is 10.1. The summed E-state index contributed by atoms with van der Waals surface area (Å²) < 4.78 is 0. The quantitative estimate of drug-likeness (QED) is 0.324. The first-order chi connectivity index (χ1) is 15.4. The third kappa shape index (κ3) is 7.87. The molecule has 0 unspecified atom stereocenters. The lowest BCUT2D eigenvalue weighted by molar-refractivity contribution is -0.139. The van der Waals surface area contributed by atoms with E-state index in [0.29, 0.717) is 33.8 Å². The molecule has 0 saturated heterocycles. The lowest BCUT2D eigenvalue weighted by Gasteiger charge is -2.31. The Morgan fingerprint density at radius 1 is 1.00 bits per heavy atom. The number of hydrogen-bond donors (Lipinski definition) is 1. The van der Waals surface area contributed by atoms with E-state index in [-0.39, 0.29) is 24.1 Å². The van der Waals surface area contributed by atoms with Crippen LogP contribution in [-0.4, -0.2) is 35.1 Å². The van der Waals surface area contributed by atoms with Crippen molar-refractivity contribution in [3.05, 3.63) is 68.7 Å². The molecule has 0 radical (unpaired) electrons. The maximum absolute atomic E-state index is 13.3. The number of amides is 2. The molecular weight excluding hydrogens is 487 g/mol. The second kappa shape index (κ2) is 14.0. The Labute approximate surface area is 210 Å². The van der Waals surface area contributed by atoms with Crippen LogP contribution in [0.4, 0.5) is 0 Å². The predicted molar refractivity (Wildman–Crippen MR) is 137 cm³/mol. The minimum absolute atomic E-state index is 0.129. The van der Waals surface area contributed by atoms with Crippen molar-refractivity contribution in [2.45, 2.75) is 51.4 Å². The first-order valence-electron chi connectivity index (χ1n) is 10.7. The fourth-order valence-corrected chi connectivity index (χ4v) is 5.07. The van der Waals surface area contributed by atoms with Crippen molar-refractivity contribution >= 4 is 58.4 Å². The van der Waals surface area contributed by atoms with Crippen molar-refractivity contribution in [2.24, 2.45) is 0 Å². The summed E-state index contributed by atoms with van der Waals surface area (Å²) >= 11 is 20.3. The fraction of sp³-hybridized carbons (Fsp3) is 0.417. The third-order valence-electron chi connectivity index (χ3n) is 5.05. The van der Waals surface area contributed by atoms with Gasteiger partial charge in [-0.3, -0.25) is 9.59 Å². The van der Waals surface area contributed by atoms with Gasteiger partial charge in [-0.1, -0.05) is 79.3 Å². The summed E-state index contributed by atoms with van der Waals surface area (Å²) in [7, 11) is 0. The van der Waals surface area contributed by atoms with Crippen LogP contribution in [0, 0.1) is 0 Å². The number of benzene rings is 2. The fourth-order valence-electron chi connectivity index (χ4n) is 3.23. The Bertz CT molecular complexity index is 890. The molecule has 0 bridgehead atoms. The third-order valence-corrected chi connectivity index (χ3v) is 7.07. The molecule has 2 aromatic rings. The number of carbonyl (C=O) groups excluding carboxylic acids is 2. The molecule has 2 rings (SSSR count). The summed E-state index contributed by atoms with van der Waals surface area (Å²) in [4.78, 5) is 27.8. The Kier molecular flexibility index (Phi) is 11.7. The van der Waals surface area contributed by atoms with Gasteiger partial charge in [-0.2, -0.15) is 0 Å². The van der Waals surface area contributed by atoms with Gasteiger partial charge in [0, 0.05) is 33.9 Å². The number of thioether (sulfide) groups is 1. The lowest BCUT2D eigenvalue weighted by Crippen LogP contribution is -2.49.